The van der Waals surface area contributed by atoms with Gasteiger partial charge in [-0.1, -0.05) is 29.8 Å². The quantitative estimate of drug-likeness (QED) is 0.690. The Kier molecular flexibility index (Phi) is 2.54. The monoisotopic (exact) mass is 241 g/mol. The minimum atomic E-state index is -0.425. The molecule has 1 heterocycles. The van der Waals surface area contributed by atoms with Crippen LogP contribution < -0.4 is 4.90 Å². The zero-order chi connectivity index (χ0) is 12.8. The van der Waals surface area contributed by atoms with Crippen LogP contribution in [0.2, 0.25) is 0 Å². The van der Waals surface area contributed by atoms with Crippen LogP contribution in [0, 0.1) is 0 Å². The van der Waals surface area contributed by atoms with E-state index in [1.807, 2.05) is 30.1 Å². The van der Waals surface area contributed by atoms with Gasteiger partial charge in [-0.05, 0) is 44.2 Å². The fraction of sp³-hybridized carbons (Fsp3) is 0.438. The van der Waals surface area contributed by atoms with Crippen molar-refractivity contribution in [2.24, 2.45) is 0 Å². The van der Waals surface area contributed by atoms with Crippen molar-refractivity contribution in [2.45, 2.75) is 38.0 Å². The molecule has 1 aliphatic carbocycles. The molecule has 1 atom stereocenters. The number of likely N-dealkylation sites (N-methyl/N-ethyl adjacent to an activating group) is 1. The summed E-state index contributed by atoms with van der Waals surface area (Å²) in [6, 6.07) is 8.19. The fourth-order valence-electron chi connectivity index (χ4n) is 3.35. The van der Waals surface area contributed by atoms with E-state index in [4.69, 9.17) is 0 Å². The maximum Gasteiger partial charge on any atom is 0.241 e. The Labute approximate surface area is 108 Å². The number of rotatable bonds is 1. The SMILES string of the molecule is CN1C(=O)[C@@](C)(C2=CCCCC2)c2ccccc21. The van der Waals surface area contributed by atoms with Crippen LogP contribution >= 0.6 is 0 Å². The number of nitrogens with zero attached hydrogens (tertiary/aromatic N) is 1. The number of carbonyl (C=O) groups excluding carboxylic acids is 1. The number of anilines is 1. The molecule has 3 rings (SSSR count). The van der Waals surface area contributed by atoms with Gasteiger partial charge in [0.05, 0.1) is 5.41 Å². The summed E-state index contributed by atoms with van der Waals surface area (Å²) >= 11 is 0. The second-order valence-electron chi connectivity index (χ2n) is 5.48. The molecule has 0 spiro atoms. The fourth-order valence-corrected chi connectivity index (χ4v) is 3.35. The van der Waals surface area contributed by atoms with E-state index in [0.29, 0.717) is 0 Å². The Balaban J connectivity index is 2.17. The highest BCUT2D eigenvalue weighted by Gasteiger charge is 2.48. The van der Waals surface area contributed by atoms with Crippen molar-refractivity contribution in [1.29, 1.82) is 0 Å². The lowest BCUT2D eigenvalue weighted by molar-refractivity contribution is -0.121. The average molecular weight is 241 g/mol. The normalized spacial score (nSPS) is 27.1. The standard InChI is InChI=1S/C16H19NO/c1-16(12-8-4-3-5-9-12)13-10-6-7-11-14(13)17(2)15(16)18/h6-8,10-11H,3-5,9H2,1-2H3/t16-/m0/s1. The topological polar surface area (TPSA) is 20.3 Å². The van der Waals surface area contributed by atoms with Crippen LogP contribution in [0.3, 0.4) is 0 Å². The first kappa shape index (κ1) is 11.5. The average Bonchev–Trinajstić information content (AvgIpc) is 2.64. The van der Waals surface area contributed by atoms with Crippen molar-refractivity contribution in [2.75, 3.05) is 11.9 Å². The smallest absolute Gasteiger partial charge is 0.241 e. The summed E-state index contributed by atoms with van der Waals surface area (Å²) in [4.78, 5) is 14.5. The first-order chi connectivity index (χ1) is 8.65. The van der Waals surface area contributed by atoms with Gasteiger partial charge in [0.2, 0.25) is 5.91 Å². The molecule has 0 radical (unpaired) electrons. The molecule has 0 fully saturated rings. The third kappa shape index (κ3) is 1.38. The van der Waals surface area contributed by atoms with Crippen LogP contribution in [-0.4, -0.2) is 13.0 Å². The Morgan fingerprint density at radius 2 is 2.00 bits per heavy atom. The summed E-state index contributed by atoms with van der Waals surface area (Å²) in [7, 11) is 1.88. The van der Waals surface area contributed by atoms with Gasteiger partial charge in [-0.15, -0.1) is 0 Å². The van der Waals surface area contributed by atoms with Crippen LogP contribution in [0.1, 0.15) is 38.2 Å². The Hall–Kier alpha value is -1.57. The highest BCUT2D eigenvalue weighted by atomic mass is 16.2. The molecular weight excluding hydrogens is 222 g/mol. The van der Waals surface area contributed by atoms with E-state index in [2.05, 4.69) is 19.1 Å². The molecule has 94 valence electrons. The van der Waals surface area contributed by atoms with E-state index in [1.165, 1.54) is 24.0 Å². The van der Waals surface area contributed by atoms with E-state index in [9.17, 15) is 4.79 Å². The van der Waals surface area contributed by atoms with Gasteiger partial charge in [0.1, 0.15) is 0 Å². The number of amides is 1. The molecule has 0 N–H and O–H groups in total. The molecule has 1 aromatic carbocycles. The minimum absolute atomic E-state index is 0.219. The zero-order valence-electron chi connectivity index (χ0n) is 11.1. The lowest BCUT2D eigenvalue weighted by atomic mass is 9.73. The van der Waals surface area contributed by atoms with Crippen molar-refractivity contribution in [1.82, 2.24) is 0 Å². The third-order valence-electron chi connectivity index (χ3n) is 4.47. The van der Waals surface area contributed by atoms with Crippen molar-refractivity contribution in [3.8, 4) is 0 Å². The molecule has 0 aromatic heterocycles. The molecule has 1 aromatic rings. The van der Waals surface area contributed by atoms with Gasteiger partial charge < -0.3 is 4.90 Å². The predicted octanol–water partition coefficient (Wildman–Crippen LogP) is 3.42. The van der Waals surface area contributed by atoms with Gasteiger partial charge in [0.15, 0.2) is 0 Å². The second kappa shape index (κ2) is 3.98. The molecule has 0 unspecified atom stereocenters. The van der Waals surface area contributed by atoms with Gasteiger partial charge in [0.25, 0.3) is 0 Å². The number of hydrogen-bond acceptors (Lipinski definition) is 1. The van der Waals surface area contributed by atoms with E-state index in [0.717, 1.165) is 18.5 Å². The zero-order valence-corrected chi connectivity index (χ0v) is 11.1. The molecule has 0 bridgehead atoms. The third-order valence-corrected chi connectivity index (χ3v) is 4.47. The van der Waals surface area contributed by atoms with Crippen LogP contribution in [0.25, 0.3) is 0 Å². The summed E-state index contributed by atoms with van der Waals surface area (Å²) in [5.74, 6) is 0.219. The number of benzene rings is 1. The number of hydrogen-bond donors (Lipinski definition) is 0. The van der Waals surface area contributed by atoms with Gasteiger partial charge in [0, 0.05) is 12.7 Å². The highest BCUT2D eigenvalue weighted by molar-refractivity contribution is 6.09. The maximum atomic E-state index is 12.7. The lowest BCUT2D eigenvalue weighted by Crippen LogP contribution is -2.38. The van der Waals surface area contributed by atoms with E-state index >= 15 is 0 Å². The van der Waals surface area contributed by atoms with E-state index < -0.39 is 5.41 Å². The molecule has 0 saturated carbocycles. The van der Waals surface area contributed by atoms with Crippen LogP contribution in [0.5, 0.6) is 0 Å². The summed E-state index contributed by atoms with van der Waals surface area (Å²) < 4.78 is 0. The summed E-state index contributed by atoms with van der Waals surface area (Å²) in [6.45, 7) is 2.09. The first-order valence-corrected chi connectivity index (χ1v) is 6.73. The van der Waals surface area contributed by atoms with Crippen molar-refractivity contribution < 1.29 is 4.79 Å². The van der Waals surface area contributed by atoms with Crippen LogP contribution in [-0.2, 0) is 10.2 Å². The number of allylic oxidation sites excluding steroid dienone is 1. The lowest BCUT2D eigenvalue weighted by Gasteiger charge is -2.29. The van der Waals surface area contributed by atoms with E-state index in [1.54, 1.807) is 0 Å². The molecule has 2 heteroatoms. The molecule has 0 saturated heterocycles. The van der Waals surface area contributed by atoms with Crippen molar-refractivity contribution in [3.05, 3.63) is 41.5 Å². The van der Waals surface area contributed by atoms with Crippen LogP contribution in [0.4, 0.5) is 5.69 Å². The molecule has 18 heavy (non-hydrogen) atoms. The van der Waals surface area contributed by atoms with Crippen molar-refractivity contribution in [3.63, 3.8) is 0 Å². The van der Waals surface area contributed by atoms with Crippen LogP contribution in [0.15, 0.2) is 35.9 Å². The molecule has 1 aliphatic heterocycles. The van der Waals surface area contributed by atoms with Gasteiger partial charge in [-0.2, -0.15) is 0 Å². The Morgan fingerprint density at radius 1 is 1.22 bits per heavy atom. The largest absolute Gasteiger partial charge is 0.314 e. The molecule has 2 aliphatic rings. The summed E-state index contributed by atoms with van der Waals surface area (Å²) in [5.41, 5.74) is 3.13. The number of para-hydroxylation sites is 1. The number of carbonyl (C=O) groups is 1. The predicted molar refractivity (Wildman–Crippen MR) is 73.8 cm³/mol. The van der Waals surface area contributed by atoms with Gasteiger partial charge in [-0.25, -0.2) is 0 Å². The highest BCUT2D eigenvalue weighted by Crippen LogP contribution is 2.47. The summed E-state index contributed by atoms with van der Waals surface area (Å²) in [6.07, 6.45) is 6.93. The number of fused-ring (bicyclic) bond motifs is 1. The first-order valence-electron chi connectivity index (χ1n) is 6.73. The maximum absolute atomic E-state index is 12.7. The molecular formula is C16H19NO. The minimum Gasteiger partial charge on any atom is -0.314 e. The van der Waals surface area contributed by atoms with Gasteiger partial charge in [-0.3, -0.25) is 4.79 Å². The molecule has 1 amide bonds. The van der Waals surface area contributed by atoms with Gasteiger partial charge >= 0.3 is 0 Å². The summed E-state index contributed by atoms with van der Waals surface area (Å²) in [5, 5.41) is 0. The second-order valence-corrected chi connectivity index (χ2v) is 5.48. The van der Waals surface area contributed by atoms with E-state index in [-0.39, 0.29) is 5.91 Å². The Bertz CT molecular complexity index is 532. The Morgan fingerprint density at radius 3 is 2.72 bits per heavy atom. The van der Waals surface area contributed by atoms with Crippen molar-refractivity contribution >= 4 is 11.6 Å². The molecule has 2 nitrogen and oxygen atoms in total.